The molecule has 7 nitrogen and oxygen atoms in total. The van der Waals surface area contributed by atoms with Crippen LogP contribution in [-0.4, -0.2) is 47.7 Å². The Hall–Kier alpha value is -1.77. The van der Waals surface area contributed by atoms with Crippen LogP contribution in [0.25, 0.3) is 0 Å². The van der Waals surface area contributed by atoms with Gasteiger partial charge in [0.15, 0.2) is 5.82 Å². The highest BCUT2D eigenvalue weighted by Crippen LogP contribution is 2.41. The van der Waals surface area contributed by atoms with Crippen LogP contribution in [0.2, 0.25) is 0 Å². The molecule has 0 radical (unpaired) electrons. The maximum Gasteiger partial charge on any atom is 0.258 e. The summed E-state index contributed by atoms with van der Waals surface area (Å²) in [5, 5.41) is 9.12. The van der Waals surface area contributed by atoms with Crippen molar-refractivity contribution >= 4 is 17.2 Å². The molecule has 0 aromatic carbocycles. The van der Waals surface area contributed by atoms with Crippen molar-refractivity contribution in [1.82, 2.24) is 20.4 Å². The minimum absolute atomic E-state index is 0.0529. The van der Waals surface area contributed by atoms with Crippen LogP contribution in [0.3, 0.4) is 0 Å². The Morgan fingerprint density at radius 2 is 2.27 bits per heavy atom. The van der Waals surface area contributed by atoms with E-state index in [1.165, 1.54) is 4.88 Å². The highest BCUT2D eigenvalue weighted by molar-refractivity contribution is 7.09. The quantitative estimate of drug-likeness (QED) is 0.798. The summed E-state index contributed by atoms with van der Waals surface area (Å²) >= 11 is 1.65. The number of ether oxygens (including phenoxy) is 1. The minimum Gasteiger partial charge on any atom is -0.368 e. The predicted molar refractivity (Wildman–Crippen MR) is 96.8 cm³/mol. The van der Waals surface area contributed by atoms with Crippen molar-refractivity contribution in [2.75, 3.05) is 26.7 Å². The molecule has 1 saturated heterocycles. The molecule has 0 spiro atoms. The van der Waals surface area contributed by atoms with Crippen LogP contribution in [0.4, 0.5) is 0 Å². The molecule has 2 aromatic heterocycles. The smallest absolute Gasteiger partial charge is 0.258 e. The van der Waals surface area contributed by atoms with Gasteiger partial charge in [-0.3, -0.25) is 9.69 Å². The van der Waals surface area contributed by atoms with Gasteiger partial charge in [-0.15, -0.1) is 11.3 Å². The molecule has 1 N–H and O–H groups in total. The molecule has 3 heterocycles. The summed E-state index contributed by atoms with van der Waals surface area (Å²) in [5.41, 5.74) is -0.524. The molecule has 1 aliphatic carbocycles. The largest absolute Gasteiger partial charge is 0.368 e. The van der Waals surface area contributed by atoms with Crippen molar-refractivity contribution in [3.05, 3.63) is 34.1 Å². The molecule has 1 amide bonds. The van der Waals surface area contributed by atoms with E-state index in [4.69, 9.17) is 9.26 Å². The zero-order chi connectivity index (χ0) is 18.0. The lowest BCUT2D eigenvalue weighted by molar-refractivity contribution is -0.125. The molecule has 2 fully saturated rings. The standard InChI is InChI=1S/C18H24N4O3S/c1-24-18(17-20-16(21-25-17)13-4-5-13)6-8-22(9-7-18)12-15(23)19-11-14-3-2-10-26-14/h2-3,10,13H,4-9,11-12H2,1H3,(H,19,23). The first-order chi connectivity index (χ1) is 12.7. The van der Waals surface area contributed by atoms with Crippen molar-refractivity contribution < 1.29 is 14.1 Å². The fraction of sp³-hybridized carbons (Fsp3) is 0.611. The van der Waals surface area contributed by atoms with Crippen LogP contribution >= 0.6 is 11.3 Å². The summed E-state index contributed by atoms with van der Waals surface area (Å²) in [4.78, 5) is 20.1. The topological polar surface area (TPSA) is 80.5 Å². The molecule has 1 aliphatic heterocycles. The first-order valence-electron chi connectivity index (χ1n) is 9.09. The first kappa shape index (κ1) is 17.6. The Balaban J connectivity index is 1.29. The van der Waals surface area contributed by atoms with Crippen molar-refractivity contribution in [3.8, 4) is 0 Å². The molecule has 0 atom stereocenters. The second kappa shape index (κ2) is 7.46. The molecular weight excluding hydrogens is 352 g/mol. The van der Waals surface area contributed by atoms with Crippen molar-refractivity contribution in [2.45, 2.75) is 43.7 Å². The van der Waals surface area contributed by atoms with Gasteiger partial charge in [-0.1, -0.05) is 11.2 Å². The Bertz CT molecular complexity index is 733. The van der Waals surface area contributed by atoms with Gasteiger partial charge in [0.25, 0.3) is 5.89 Å². The lowest BCUT2D eigenvalue weighted by Crippen LogP contribution is -2.47. The van der Waals surface area contributed by atoms with Crippen molar-refractivity contribution in [2.24, 2.45) is 0 Å². The number of carbonyl (C=O) groups is 1. The maximum absolute atomic E-state index is 12.2. The third-order valence-electron chi connectivity index (χ3n) is 5.24. The van der Waals surface area contributed by atoms with E-state index in [9.17, 15) is 4.79 Å². The van der Waals surface area contributed by atoms with Crippen LogP contribution in [0, 0.1) is 0 Å². The number of piperidine rings is 1. The lowest BCUT2D eigenvalue weighted by Gasteiger charge is -2.37. The monoisotopic (exact) mass is 376 g/mol. The highest BCUT2D eigenvalue weighted by Gasteiger charge is 2.42. The second-order valence-electron chi connectivity index (χ2n) is 7.06. The molecule has 140 valence electrons. The van der Waals surface area contributed by atoms with Crippen LogP contribution in [-0.2, 0) is 21.7 Å². The molecule has 2 aliphatic rings. The van der Waals surface area contributed by atoms with Crippen LogP contribution in [0.15, 0.2) is 22.0 Å². The number of nitrogens with zero attached hydrogens (tertiary/aromatic N) is 3. The number of carbonyl (C=O) groups excluding carboxylic acids is 1. The Morgan fingerprint density at radius 1 is 1.46 bits per heavy atom. The van der Waals surface area contributed by atoms with E-state index in [-0.39, 0.29) is 5.91 Å². The van der Waals surface area contributed by atoms with E-state index in [1.807, 2.05) is 17.5 Å². The highest BCUT2D eigenvalue weighted by atomic mass is 32.1. The number of methoxy groups -OCH3 is 1. The van der Waals surface area contributed by atoms with Gasteiger partial charge in [-0.05, 0) is 37.1 Å². The summed E-state index contributed by atoms with van der Waals surface area (Å²) in [6.07, 6.45) is 3.78. The Morgan fingerprint density at radius 3 is 2.92 bits per heavy atom. The number of likely N-dealkylation sites (tertiary alicyclic amines) is 1. The van der Waals surface area contributed by atoms with Gasteiger partial charge in [0.2, 0.25) is 5.91 Å². The number of thiophene rings is 1. The molecule has 8 heteroatoms. The van der Waals surface area contributed by atoms with Gasteiger partial charge in [-0.2, -0.15) is 4.98 Å². The zero-order valence-corrected chi connectivity index (χ0v) is 15.8. The third-order valence-corrected chi connectivity index (χ3v) is 6.11. The van der Waals surface area contributed by atoms with Gasteiger partial charge in [-0.25, -0.2) is 0 Å². The number of nitrogens with one attached hydrogen (secondary N) is 1. The Labute approximate surface area is 156 Å². The summed E-state index contributed by atoms with van der Waals surface area (Å²) in [6.45, 7) is 2.53. The molecule has 1 saturated carbocycles. The van der Waals surface area contributed by atoms with Gasteiger partial charge in [0.05, 0.1) is 13.1 Å². The fourth-order valence-electron chi connectivity index (χ4n) is 3.36. The molecular formula is C18H24N4O3S. The van der Waals surface area contributed by atoms with E-state index in [1.54, 1.807) is 18.4 Å². The normalized spacial score (nSPS) is 20.2. The summed E-state index contributed by atoms with van der Waals surface area (Å²) in [6, 6.07) is 4.02. The predicted octanol–water partition coefficient (Wildman–Crippen LogP) is 2.26. The van der Waals surface area contributed by atoms with Crippen LogP contribution in [0.5, 0.6) is 0 Å². The maximum atomic E-state index is 12.2. The molecule has 26 heavy (non-hydrogen) atoms. The Kier molecular flexibility index (Phi) is 5.06. The number of hydrogen-bond donors (Lipinski definition) is 1. The van der Waals surface area contributed by atoms with Gasteiger partial charge >= 0.3 is 0 Å². The second-order valence-corrected chi connectivity index (χ2v) is 8.09. The van der Waals surface area contributed by atoms with E-state index < -0.39 is 5.60 Å². The number of amides is 1. The lowest BCUT2D eigenvalue weighted by atomic mass is 9.91. The first-order valence-corrected chi connectivity index (χ1v) is 9.97. The van der Waals surface area contributed by atoms with E-state index in [2.05, 4.69) is 20.4 Å². The van der Waals surface area contributed by atoms with E-state index >= 15 is 0 Å². The molecule has 0 unspecified atom stereocenters. The van der Waals surface area contributed by atoms with Gasteiger partial charge < -0.3 is 14.6 Å². The van der Waals surface area contributed by atoms with Gasteiger partial charge in [0, 0.05) is 31.0 Å². The minimum atomic E-state index is -0.524. The fourth-order valence-corrected chi connectivity index (χ4v) is 4.01. The summed E-state index contributed by atoms with van der Waals surface area (Å²) in [7, 11) is 1.70. The molecule has 0 bridgehead atoms. The molecule has 4 rings (SSSR count). The summed E-state index contributed by atoms with van der Waals surface area (Å²) in [5.74, 6) is 1.92. The third kappa shape index (κ3) is 3.82. The van der Waals surface area contributed by atoms with Crippen LogP contribution < -0.4 is 5.32 Å². The molecule has 2 aromatic rings. The number of hydrogen-bond acceptors (Lipinski definition) is 7. The van der Waals surface area contributed by atoms with Crippen LogP contribution in [0.1, 0.15) is 48.2 Å². The van der Waals surface area contributed by atoms with E-state index in [0.717, 1.165) is 44.6 Å². The number of aromatic nitrogens is 2. The van der Waals surface area contributed by atoms with E-state index in [0.29, 0.717) is 24.9 Å². The average Bonchev–Trinajstić information content (AvgIpc) is 3.17. The van der Waals surface area contributed by atoms with Crippen molar-refractivity contribution in [3.63, 3.8) is 0 Å². The van der Waals surface area contributed by atoms with Gasteiger partial charge in [0.1, 0.15) is 5.60 Å². The average molecular weight is 376 g/mol. The SMILES string of the molecule is COC1(c2nc(C3CC3)no2)CCN(CC(=O)NCc2cccs2)CC1. The zero-order valence-electron chi connectivity index (χ0n) is 14.9. The summed E-state index contributed by atoms with van der Waals surface area (Å²) < 4.78 is 11.3. The number of rotatable bonds is 7. The van der Waals surface area contributed by atoms with Crippen molar-refractivity contribution in [1.29, 1.82) is 0 Å².